The van der Waals surface area contributed by atoms with Crippen LogP contribution in [0.5, 0.6) is 5.75 Å². The van der Waals surface area contributed by atoms with Gasteiger partial charge in [-0.15, -0.1) is 13.2 Å². The summed E-state index contributed by atoms with van der Waals surface area (Å²) in [5, 5.41) is 8.53. The van der Waals surface area contributed by atoms with Gasteiger partial charge in [0.15, 0.2) is 0 Å². The molecule has 7 heteroatoms. The number of ether oxygens (including phenoxy) is 1. The molecule has 0 aliphatic heterocycles. The summed E-state index contributed by atoms with van der Waals surface area (Å²) >= 11 is 0. The average molecular weight is 263 g/mol. The lowest BCUT2D eigenvalue weighted by Gasteiger charge is -2.15. The van der Waals surface area contributed by atoms with E-state index in [2.05, 4.69) is 4.74 Å². The van der Waals surface area contributed by atoms with Crippen molar-refractivity contribution in [3.05, 3.63) is 29.8 Å². The first kappa shape index (κ1) is 14.3. The number of carbonyl (C=O) groups is 1. The van der Waals surface area contributed by atoms with Crippen LogP contribution in [0.3, 0.4) is 0 Å². The van der Waals surface area contributed by atoms with Gasteiger partial charge in [-0.2, -0.15) is 0 Å². The van der Waals surface area contributed by atoms with E-state index in [0.29, 0.717) is 0 Å². The molecule has 0 aromatic heterocycles. The largest absolute Gasteiger partial charge is 0.573 e. The Labute approximate surface area is 101 Å². The van der Waals surface area contributed by atoms with Crippen LogP contribution in [0.25, 0.3) is 0 Å². The molecule has 100 valence electrons. The van der Waals surface area contributed by atoms with E-state index < -0.39 is 18.4 Å². The number of para-hydroxylation sites is 1. The highest BCUT2D eigenvalue weighted by molar-refractivity contribution is 5.67. The molecule has 0 spiro atoms. The van der Waals surface area contributed by atoms with E-state index in [-0.39, 0.29) is 24.2 Å². The van der Waals surface area contributed by atoms with E-state index in [9.17, 15) is 18.0 Å². The molecular weight excluding hydrogens is 251 g/mol. The number of alkyl halides is 3. The minimum absolute atomic E-state index is 0.00144. The molecule has 1 rings (SSSR count). The number of aliphatic carboxylic acids is 1. The minimum atomic E-state index is -4.78. The lowest BCUT2D eigenvalue weighted by atomic mass is 10.0. The summed E-state index contributed by atoms with van der Waals surface area (Å²) in [5.74, 6) is -1.46. The van der Waals surface area contributed by atoms with Crippen LogP contribution in [0.2, 0.25) is 0 Å². The highest BCUT2D eigenvalue weighted by Gasteiger charge is 2.32. The van der Waals surface area contributed by atoms with Gasteiger partial charge in [-0.1, -0.05) is 18.2 Å². The Bertz CT molecular complexity index is 420. The molecule has 18 heavy (non-hydrogen) atoms. The summed E-state index contributed by atoms with van der Waals surface area (Å²) in [5.41, 5.74) is 5.75. The molecular formula is C11H12F3NO3. The van der Waals surface area contributed by atoms with Gasteiger partial charge in [0.05, 0.1) is 6.42 Å². The van der Waals surface area contributed by atoms with Crippen molar-refractivity contribution < 1.29 is 27.8 Å². The Balaban J connectivity index is 2.79. The van der Waals surface area contributed by atoms with E-state index in [1.807, 2.05) is 0 Å². The Hall–Kier alpha value is -1.76. The molecule has 1 aromatic carbocycles. The number of halogens is 3. The molecule has 1 atom stereocenters. The molecule has 4 nitrogen and oxygen atoms in total. The number of carboxylic acids is 1. The molecule has 1 unspecified atom stereocenters. The maximum absolute atomic E-state index is 12.1. The van der Waals surface area contributed by atoms with Crippen LogP contribution in [0, 0.1) is 0 Å². The number of hydrogen-bond donors (Lipinski definition) is 2. The minimum Gasteiger partial charge on any atom is -0.481 e. The summed E-state index contributed by atoms with van der Waals surface area (Å²) in [6.45, 7) is 0. The van der Waals surface area contributed by atoms with Crippen LogP contribution in [-0.2, 0) is 11.2 Å². The molecule has 0 saturated heterocycles. The zero-order valence-electron chi connectivity index (χ0n) is 9.28. The van der Waals surface area contributed by atoms with Gasteiger partial charge in [0.1, 0.15) is 5.75 Å². The molecule has 0 amide bonds. The van der Waals surface area contributed by atoms with Gasteiger partial charge in [0, 0.05) is 6.04 Å². The van der Waals surface area contributed by atoms with Crippen LogP contribution in [-0.4, -0.2) is 23.5 Å². The van der Waals surface area contributed by atoms with Crippen LogP contribution in [0.15, 0.2) is 24.3 Å². The predicted octanol–water partition coefficient (Wildman–Crippen LogP) is 1.93. The summed E-state index contributed by atoms with van der Waals surface area (Å²) in [6.07, 6.45) is -5.11. The van der Waals surface area contributed by atoms with Crippen molar-refractivity contribution in [2.24, 2.45) is 5.73 Å². The Morgan fingerprint density at radius 1 is 1.39 bits per heavy atom. The van der Waals surface area contributed by atoms with Gasteiger partial charge >= 0.3 is 12.3 Å². The van der Waals surface area contributed by atoms with Crippen molar-refractivity contribution in [1.29, 1.82) is 0 Å². The second-order valence-electron chi connectivity index (χ2n) is 3.72. The third-order valence-corrected chi connectivity index (χ3v) is 2.12. The first-order valence-corrected chi connectivity index (χ1v) is 5.09. The maximum Gasteiger partial charge on any atom is 0.573 e. The van der Waals surface area contributed by atoms with E-state index in [1.54, 1.807) is 0 Å². The normalized spacial score (nSPS) is 13.1. The van der Waals surface area contributed by atoms with Crippen molar-refractivity contribution >= 4 is 5.97 Å². The number of rotatable bonds is 5. The van der Waals surface area contributed by atoms with Gasteiger partial charge < -0.3 is 15.6 Å². The lowest BCUT2D eigenvalue weighted by Crippen LogP contribution is -2.27. The Morgan fingerprint density at radius 3 is 2.56 bits per heavy atom. The molecule has 0 heterocycles. The third-order valence-electron chi connectivity index (χ3n) is 2.12. The van der Waals surface area contributed by atoms with Crippen molar-refractivity contribution in [3.8, 4) is 5.75 Å². The van der Waals surface area contributed by atoms with Crippen LogP contribution in [0.4, 0.5) is 13.2 Å². The van der Waals surface area contributed by atoms with E-state index >= 15 is 0 Å². The summed E-state index contributed by atoms with van der Waals surface area (Å²) in [7, 11) is 0. The number of nitrogens with two attached hydrogens (primary N) is 1. The number of hydrogen-bond acceptors (Lipinski definition) is 3. The van der Waals surface area contributed by atoms with Crippen LogP contribution >= 0.6 is 0 Å². The topological polar surface area (TPSA) is 72.6 Å². The molecule has 0 fully saturated rings. The highest BCUT2D eigenvalue weighted by Crippen LogP contribution is 2.27. The fraction of sp³-hybridized carbons (Fsp3) is 0.364. The van der Waals surface area contributed by atoms with Crippen molar-refractivity contribution in [3.63, 3.8) is 0 Å². The second-order valence-corrected chi connectivity index (χ2v) is 3.72. The van der Waals surface area contributed by atoms with Crippen LogP contribution in [0.1, 0.15) is 12.0 Å². The second kappa shape index (κ2) is 5.72. The SMILES string of the molecule is NC(CC(=O)O)Cc1ccccc1OC(F)(F)F. The molecule has 3 N–H and O–H groups in total. The van der Waals surface area contributed by atoms with Crippen LogP contribution < -0.4 is 10.5 Å². The summed E-state index contributed by atoms with van der Waals surface area (Å²) in [4.78, 5) is 10.4. The zero-order valence-corrected chi connectivity index (χ0v) is 9.28. The molecule has 0 aliphatic carbocycles. The lowest BCUT2D eigenvalue weighted by molar-refractivity contribution is -0.274. The molecule has 1 aromatic rings. The summed E-state index contributed by atoms with van der Waals surface area (Å²) in [6, 6.07) is 4.75. The zero-order chi connectivity index (χ0) is 13.8. The third kappa shape index (κ3) is 5.05. The van der Waals surface area contributed by atoms with Gasteiger partial charge in [-0.25, -0.2) is 0 Å². The fourth-order valence-corrected chi connectivity index (χ4v) is 1.48. The first-order valence-electron chi connectivity index (χ1n) is 5.09. The molecule has 0 saturated carbocycles. The smallest absolute Gasteiger partial charge is 0.481 e. The van der Waals surface area contributed by atoms with E-state index in [4.69, 9.17) is 10.8 Å². The number of benzene rings is 1. The molecule has 0 bridgehead atoms. The van der Waals surface area contributed by atoms with Crippen molar-refractivity contribution in [1.82, 2.24) is 0 Å². The van der Waals surface area contributed by atoms with Crippen molar-refractivity contribution in [2.45, 2.75) is 25.2 Å². The Kier molecular flexibility index (Phi) is 4.55. The maximum atomic E-state index is 12.1. The summed E-state index contributed by atoms with van der Waals surface area (Å²) < 4.78 is 40.2. The average Bonchev–Trinajstić information content (AvgIpc) is 2.17. The highest BCUT2D eigenvalue weighted by atomic mass is 19.4. The van der Waals surface area contributed by atoms with Gasteiger partial charge in [-0.05, 0) is 18.1 Å². The van der Waals surface area contributed by atoms with Gasteiger partial charge in [0.2, 0.25) is 0 Å². The van der Waals surface area contributed by atoms with Gasteiger partial charge in [0.25, 0.3) is 0 Å². The fourth-order valence-electron chi connectivity index (χ4n) is 1.48. The molecule has 0 radical (unpaired) electrons. The quantitative estimate of drug-likeness (QED) is 0.851. The monoisotopic (exact) mass is 263 g/mol. The van der Waals surface area contributed by atoms with E-state index in [0.717, 1.165) is 6.07 Å². The molecule has 0 aliphatic rings. The predicted molar refractivity (Wildman–Crippen MR) is 57.1 cm³/mol. The standard InChI is InChI=1S/C11H12F3NO3/c12-11(13,14)18-9-4-2-1-3-7(9)5-8(15)6-10(16)17/h1-4,8H,5-6,15H2,(H,16,17). The van der Waals surface area contributed by atoms with E-state index in [1.165, 1.54) is 18.2 Å². The van der Waals surface area contributed by atoms with Crippen molar-refractivity contribution in [2.75, 3.05) is 0 Å². The Morgan fingerprint density at radius 2 is 2.00 bits per heavy atom. The first-order chi connectivity index (χ1) is 8.28. The number of carboxylic acid groups (broad SMARTS) is 1. The van der Waals surface area contributed by atoms with Gasteiger partial charge in [-0.3, -0.25) is 4.79 Å².